The molecule has 0 saturated carbocycles. The standard InChI is InChI=1S/C33H32N4O2S/c1-35(2)29-15-16-36(22-29)27-12-8-25(9-13-27)31(38)19-23-5-10-28(11-6-23)37-30-14-7-24(18-26(30)21-34-37)20-32(39)33-4-3-17-40-33/h3-14,17-18,21,29H,15-16,19-20,22H2,1-2H3. The van der Waals surface area contributed by atoms with Gasteiger partial charge in [-0.1, -0.05) is 24.3 Å². The summed E-state index contributed by atoms with van der Waals surface area (Å²) in [5.74, 6) is 0.244. The molecule has 7 heteroatoms. The van der Waals surface area contributed by atoms with Crippen molar-refractivity contribution in [3.63, 3.8) is 0 Å². The molecule has 0 N–H and O–H groups in total. The van der Waals surface area contributed by atoms with Crippen molar-refractivity contribution in [2.75, 3.05) is 32.1 Å². The normalized spacial score (nSPS) is 15.3. The van der Waals surface area contributed by atoms with Crippen LogP contribution < -0.4 is 4.90 Å². The third-order valence-corrected chi connectivity index (χ3v) is 8.70. The van der Waals surface area contributed by atoms with Gasteiger partial charge < -0.3 is 9.80 Å². The van der Waals surface area contributed by atoms with Crippen LogP contribution in [0.1, 0.15) is 37.6 Å². The molecule has 1 unspecified atom stereocenters. The number of carbonyl (C=O) groups is 2. The fourth-order valence-corrected chi connectivity index (χ4v) is 6.07. The van der Waals surface area contributed by atoms with E-state index in [4.69, 9.17) is 0 Å². The van der Waals surface area contributed by atoms with Crippen molar-refractivity contribution < 1.29 is 9.59 Å². The molecule has 2 aromatic heterocycles. The van der Waals surface area contributed by atoms with Crippen molar-refractivity contribution in [3.8, 4) is 5.69 Å². The molecule has 1 atom stereocenters. The molecule has 40 heavy (non-hydrogen) atoms. The van der Waals surface area contributed by atoms with Gasteiger partial charge in [-0.3, -0.25) is 9.59 Å². The van der Waals surface area contributed by atoms with E-state index in [9.17, 15) is 9.59 Å². The Bertz CT molecular complexity index is 1640. The number of Topliss-reactive ketones (excluding diaryl/α,β-unsaturated/α-hetero) is 2. The number of benzene rings is 3. The van der Waals surface area contributed by atoms with Crippen molar-refractivity contribution >= 4 is 39.5 Å². The van der Waals surface area contributed by atoms with E-state index in [-0.39, 0.29) is 11.6 Å². The summed E-state index contributed by atoms with van der Waals surface area (Å²) in [6.45, 7) is 2.07. The highest BCUT2D eigenvalue weighted by atomic mass is 32.1. The second-order valence-corrected chi connectivity index (χ2v) is 11.6. The van der Waals surface area contributed by atoms with Gasteiger partial charge >= 0.3 is 0 Å². The van der Waals surface area contributed by atoms with Crippen LogP contribution in [0.2, 0.25) is 0 Å². The van der Waals surface area contributed by atoms with E-state index in [1.54, 1.807) is 0 Å². The second-order valence-electron chi connectivity index (χ2n) is 10.7. The molecule has 6 nitrogen and oxygen atoms in total. The minimum atomic E-state index is 0.112. The molecular weight excluding hydrogens is 516 g/mol. The Morgan fingerprint density at radius 3 is 2.33 bits per heavy atom. The Labute approximate surface area is 238 Å². The van der Waals surface area contributed by atoms with Gasteiger partial charge in [0.2, 0.25) is 0 Å². The molecule has 0 amide bonds. The number of hydrogen-bond acceptors (Lipinski definition) is 6. The summed E-state index contributed by atoms with van der Waals surface area (Å²) in [6.07, 6.45) is 3.73. The number of carbonyl (C=O) groups excluding carboxylic acids is 2. The molecule has 0 radical (unpaired) electrons. The maximum Gasteiger partial charge on any atom is 0.177 e. The summed E-state index contributed by atoms with van der Waals surface area (Å²) >= 11 is 1.47. The van der Waals surface area contributed by atoms with E-state index in [2.05, 4.69) is 41.1 Å². The average molecular weight is 549 g/mol. The highest BCUT2D eigenvalue weighted by molar-refractivity contribution is 7.12. The van der Waals surface area contributed by atoms with E-state index >= 15 is 0 Å². The van der Waals surface area contributed by atoms with E-state index in [1.807, 2.05) is 83.0 Å². The van der Waals surface area contributed by atoms with Gasteiger partial charge in [0, 0.05) is 48.6 Å². The predicted molar refractivity (Wildman–Crippen MR) is 162 cm³/mol. The lowest BCUT2D eigenvalue weighted by atomic mass is 10.0. The summed E-state index contributed by atoms with van der Waals surface area (Å²) in [5, 5.41) is 7.51. The largest absolute Gasteiger partial charge is 0.370 e. The first-order valence-electron chi connectivity index (χ1n) is 13.6. The van der Waals surface area contributed by atoms with E-state index in [0.29, 0.717) is 18.9 Å². The van der Waals surface area contributed by atoms with Gasteiger partial charge in [-0.25, -0.2) is 4.68 Å². The quantitative estimate of drug-likeness (QED) is 0.209. The van der Waals surface area contributed by atoms with Crippen LogP contribution in [0.25, 0.3) is 16.6 Å². The molecule has 6 rings (SSSR count). The first-order valence-corrected chi connectivity index (χ1v) is 14.5. The SMILES string of the molecule is CN(C)C1CCN(c2ccc(C(=O)Cc3ccc(-n4ncc5cc(CC(=O)c6cccs6)ccc54)cc3)cc2)C1. The van der Waals surface area contributed by atoms with Crippen LogP contribution in [0.15, 0.2) is 90.4 Å². The van der Waals surface area contributed by atoms with Crippen molar-refractivity contribution in [2.45, 2.75) is 25.3 Å². The van der Waals surface area contributed by atoms with Crippen molar-refractivity contribution in [2.24, 2.45) is 0 Å². The number of thiophene rings is 1. The Hall–Kier alpha value is -4.07. The van der Waals surface area contributed by atoms with Crippen LogP contribution in [-0.2, 0) is 12.8 Å². The second kappa shape index (κ2) is 11.2. The van der Waals surface area contributed by atoms with Crippen LogP contribution in [0.3, 0.4) is 0 Å². The van der Waals surface area contributed by atoms with Gasteiger partial charge in [0.1, 0.15) is 0 Å². The molecule has 1 fully saturated rings. The van der Waals surface area contributed by atoms with Crippen LogP contribution in [0, 0.1) is 0 Å². The van der Waals surface area contributed by atoms with Crippen LogP contribution in [0.4, 0.5) is 5.69 Å². The summed E-state index contributed by atoms with van der Waals surface area (Å²) < 4.78 is 1.89. The molecule has 202 valence electrons. The average Bonchev–Trinajstić information content (AvgIpc) is 3.75. The van der Waals surface area contributed by atoms with Gasteiger partial charge in [0.05, 0.1) is 22.3 Å². The minimum absolute atomic E-state index is 0.112. The van der Waals surface area contributed by atoms with Crippen molar-refractivity contribution in [1.82, 2.24) is 14.7 Å². The molecule has 5 aromatic rings. The van der Waals surface area contributed by atoms with Gasteiger partial charge in [0.15, 0.2) is 11.6 Å². The lowest BCUT2D eigenvalue weighted by molar-refractivity contribution is 0.0986. The molecule has 3 aromatic carbocycles. The summed E-state index contributed by atoms with van der Waals surface area (Å²) in [5.41, 5.74) is 5.77. The van der Waals surface area contributed by atoms with Gasteiger partial charge in [-0.05, 0) is 91.6 Å². The maximum absolute atomic E-state index is 13.0. The zero-order valence-corrected chi connectivity index (χ0v) is 23.6. The number of hydrogen-bond donors (Lipinski definition) is 0. The van der Waals surface area contributed by atoms with E-state index in [0.717, 1.165) is 57.7 Å². The molecule has 3 heterocycles. The fourth-order valence-electron chi connectivity index (χ4n) is 5.41. The monoisotopic (exact) mass is 548 g/mol. The molecular formula is C33H32N4O2S. The van der Waals surface area contributed by atoms with Gasteiger partial charge in [0.25, 0.3) is 0 Å². The zero-order chi connectivity index (χ0) is 27.6. The molecule has 0 aliphatic carbocycles. The first-order chi connectivity index (χ1) is 19.4. The van der Waals surface area contributed by atoms with Crippen LogP contribution in [0.5, 0.6) is 0 Å². The highest BCUT2D eigenvalue weighted by Gasteiger charge is 2.24. The Balaban J connectivity index is 1.10. The van der Waals surface area contributed by atoms with Crippen LogP contribution in [-0.4, -0.2) is 59.5 Å². The predicted octanol–water partition coefficient (Wildman–Crippen LogP) is 6.08. The van der Waals surface area contributed by atoms with Crippen molar-refractivity contribution in [3.05, 3.63) is 112 Å². The highest BCUT2D eigenvalue weighted by Crippen LogP contribution is 2.24. The smallest absolute Gasteiger partial charge is 0.177 e. The van der Waals surface area contributed by atoms with Gasteiger partial charge in [-0.2, -0.15) is 5.10 Å². The van der Waals surface area contributed by atoms with Crippen molar-refractivity contribution in [1.29, 1.82) is 0 Å². The van der Waals surface area contributed by atoms with Gasteiger partial charge in [-0.15, -0.1) is 11.3 Å². The third-order valence-electron chi connectivity index (χ3n) is 7.79. The third kappa shape index (κ3) is 5.48. The molecule has 1 aliphatic heterocycles. The maximum atomic E-state index is 13.0. The first kappa shape index (κ1) is 26.2. The van der Waals surface area contributed by atoms with E-state index in [1.165, 1.54) is 17.0 Å². The number of ketones is 2. The van der Waals surface area contributed by atoms with Crippen LogP contribution >= 0.6 is 11.3 Å². The number of rotatable bonds is 9. The minimum Gasteiger partial charge on any atom is -0.370 e. The molecule has 0 bridgehead atoms. The lowest BCUT2D eigenvalue weighted by Gasteiger charge is -2.22. The Morgan fingerprint density at radius 2 is 1.62 bits per heavy atom. The molecule has 0 spiro atoms. The number of nitrogens with zero attached hydrogens (tertiary/aromatic N) is 4. The number of fused-ring (bicyclic) bond motifs is 1. The fraction of sp³-hybridized carbons (Fsp3) is 0.242. The summed E-state index contributed by atoms with van der Waals surface area (Å²) in [6, 6.07) is 26.4. The lowest BCUT2D eigenvalue weighted by Crippen LogP contribution is -2.31. The zero-order valence-electron chi connectivity index (χ0n) is 22.8. The number of anilines is 1. The Kier molecular flexibility index (Phi) is 7.32. The Morgan fingerprint density at radius 1 is 0.900 bits per heavy atom. The molecule has 1 saturated heterocycles. The number of likely N-dealkylation sites (N-methyl/N-ethyl adjacent to an activating group) is 1. The molecule has 1 aliphatic rings. The number of aromatic nitrogens is 2. The summed E-state index contributed by atoms with van der Waals surface area (Å²) in [4.78, 5) is 31.0. The van der Waals surface area contributed by atoms with E-state index < -0.39 is 0 Å². The topological polar surface area (TPSA) is 58.4 Å². The summed E-state index contributed by atoms with van der Waals surface area (Å²) in [7, 11) is 4.27.